The van der Waals surface area contributed by atoms with E-state index in [9.17, 15) is 10.1 Å². The minimum Gasteiger partial charge on any atom is -0.370 e. The van der Waals surface area contributed by atoms with Gasteiger partial charge in [-0.05, 0) is 6.07 Å². The van der Waals surface area contributed by atoms with Gasteiger partial charge in [0.1, 0.15) is 0 Å². The quantitative estimate of drug-likeness (QED) is 0.320. The monoisotopic (exact) mass is 292 g/mol. The van der Waals surface area contributed by atoms with E-state index < -0.39 is 4.92 Å². The highest BCUT2D eigenvalue weighted by molar-refractivity contribution is 6.33. The molecule has 6 N–H and O–H groups in total. The zero-order valence-electron chi connectivity index (χ0n) is 8.91. The van der Waals surface area contributed by atoms with Gasteiger partial charge in [-0.1, -0.05) is 11.6 Å². The summed E-state index contributed by atoms with van der Waals surface area (Å²) in [5.41, 5.74) is 15.5. The highest BCUT2D eigenvalue weighted by Crippen LogP contribution is 2.29. The number of rotatable bonds is 2. The molecule has 0 saturated heterocycles. The van der Waals surface area contributed by atoms with E-state index in [1.165, 1.54) is 12.1 Å². The van der Waals surface area contributed by atoms with Crippen LogP contribution in [0.15, 0.2) is 28.2 Å². The van der Waals surface area contributed by atoms with E-state index in [2.05, 4.69) is 9.98 Å². The van der Waals surface area contributed by atoms with Gasteiger partial charge in [0, 0.05) is 12.1 Å². The van der Waals surface area contributed by atoms with Crippen LogP contribution in [0.2, 0.25) is 5.02 Å². The summed E-state index contributed by atoms with van der Waals surface area (Å²) in [7, 11) is 0. The largest absolute Gasteiger partial charge is 0.370 e. The van der Waals surface area contributed by atoms with Crippen LogP contribution in [0, 0.1) is 10.1 Å². The van der Waals surface area contributed by atoms with Gasteiger partial charge in [-0.15, -0.1) is 12.4 Å². The molecule has 0 amide bonds. The first-order chi connectivity index (χ1) is 7.90. The van der Waals surface area contributed by atoms with E-state index >= 15 is 0 Å². The Labute approximate surface area is 113 Å². The molecule has 0 bridgehead atoms. The van der Waals surface area contributed by atoms with Gasteiger partial charge in [0.05, 0.1) is 15.6 Å². The Kier molecular flexibility index (Phi) is 5.86. The SMILES string of the molecule is Cl.NC(N)=NC(N)=Nc1cc([N+](=O)[O-])ccc1Cl. The Morgan fingerprint density at radius 1 is 1.33 bits per heavy atom. The van der Waals surface area contributed by atoms with Gasteiger partial charge in [-0.3, -0.25) is 10.1 Å². The second kappa shape index (κ2) is 6.62. The summed E-state index contributed by atoms with van der Waals surface area (Å²) in [6.07, 6.45) is 0. The van der Waals surface area contributed by atoms with Crippen LogP contribution < -0.4 is 17.2 Å². The third-order valence-corrected chi connectivity index (χ3v) is 1.94. The second-order valence-electron chi connectivity index (χ2n) is 2.90. The molecule has 0 heterocycles. The van der Waals surface area contributed by atoms with E-state index in [0.29, 0.717) is 0 Å². The van der Waals surface area contributed by atoms with Crippen molar-refractivity contribution in [2.75, 3.05) is 0 Å². The van der Waals surface area contributed by atoms with Gasteiger partial charge in [0.2, 0.25) is 5.96 Å². The molecule has 1 rings (SSSR count). The predicted octanol–water partition coefficient (Wildman–Crippen LogP) is 0.890. The van der Waals surface area contributed by atoms with Gasteiger partial charge in [0.15, 0.2) is 5.96 Å². The Bertz CT molecular complexity index is 512. The van der Waals surface area contributed by atoms with Crippen LogP contribution in [0.4, 0.5) is 11.4 Å². The molecule has 0 aliphatic carbocycles. The van der Waals surface area contributed by atoms with Gasteiger partial charge in [-0.25, -0.2) is 4.99 Å². The van der Waals surface area contributed by atoms with Crippen molar-refractivity contribution >= 4 is 47.3 Å². The van der Waals surface area contributed by atoms with Crippen LogP contribution in [0.25, 0.3) is 0 Å². The zero-order chi connectivity index (χ0) is 13.0. The fourth-order valence-corrected chi connectivity index (χ4v) is 1.14. The molecular formula is C8H10Cl2N6O2. The first-order valence-electron chi connectivity index (χ1n) is 4.28. The molecule has 0 unspecified atom stereocenters. The minimum atomic E-state index is -0.577. The van der Waals surface area contributed by atoms with Crippen molar-refractivity contribution in [2.24, 2.45) is 27.2 Å². The maximum absolute atomic E-state index is 10.5. The summed E-state index contributed by atoms with van der Waals surface area (Å²) in [6.45, 7) is 0. The molecule has 10 heteroatoms. The van der Waals surface area contributed by atoms with Gasteiger partial charge >= 0.3 is 0 Å². The van der Waals surface area contributed by atoms with Crippen molar-refractivity contribution in [3.8, 4) is 0 Å². The molecule has 8 nitrogen and oxygen atoms in total. The lowest BCUT2D eigenvalue weighted by molar-refractivity contribution is -0.384. The van der Waals surface area contributed by atoms with E-state index in [1.807, 2.05) is 0 Å². The molecule has 0 saturated carbocycles. The third kappa shape index (κ3) is 4.44. The molecule has 0 spiro atoms. The molecule has 0 atom stereocenters. The summed E-state index contributed by atoms with van der Waals surface area (Å²) in [5.74, 6) is -0.514. The van der Waals surface area contributed by atoms with Crippen molar-refractivity contribution in [1.82, 2.24) is 0 Å². The number of hydrogen-bond acceptors (Lipinski definition) is 3. The molecule has 0 aromatic heterocycles. The van der Waals surface area contributed by atoms with E-state index in [4.69, 9.17) is 28.8 Å². The zero-order valence-corrected chi connectivity index (χ0v) is 10.5. The van der Waals surface area contributed by atoms with Crippen LogP contribution in [-0.2, 0) is 0 Å². The van der Waals surface area contributed by atoms with Gasteiger partial charge < -0.3 is 17.2 Å². The highest BCUT2D eigenvalue weighted by atomic mass is 35.5. The lowest BCUT2D eigenvalue weighted by Gasteiger charge is -1.99. The van der Waals surface area contributed by atoms with Crippen molar-refractivity contribution in [2.45, 2.75) is 0 Å². The normalized spacial score (nSPS) is 10.4. The molecule has 0 aliphatic rings. The first kappa shape index (κ1) is 15.9. The topological polar surface area (TPSA) is 146 Å². The summed E-state index contributed by atoms with van der Waals surface area (Å²) in [6, 6.07) is 3.75. The van der Waals surface area contributed by atoms with Crippen molar-refractivity contribution in [3.63, 3.8) is 0 Å². The number of non-ortho nitro benzene ring substituents is 1. The van der Waals surface area contributed by atoms with E-state index in [0.717, 1.165) is 6.07 Å². The van der Waals surface area contributed by atoms with Crippen LogP contribution in [0.3, 0.4) is 0 Å². The Morgan fingerprint density at radius 3 is 2.44 bits per heavy atom. The van der Waals surface area contributed by atoms with Gasteiger partial charge in [0.25, 0.3) is 5.69 Å². The minimum absolute atomic E-state index is 0. The number of guanidine groups is 2. The summed E-state index contributed by atoms with van der Waals surface area (Å²) >= 11 is 5.79. The fourth-order valence-electron chi connectivity index (χ4n) is 0.981. The number of hydrogen-bond donors (Lipinski definition) is 3. The molecule has 0 radical (unpaired) electrons. The summed E-state index contributed by atoms with van der Waals surface area (Å²) in [5, 5.41) is 10.7. The lowest BCUT2D eigenvalue weighted by Crippen LogP contribution is -2.26. The van der Waals surface area contributed by atoms with Crippen molar-refractivity contribution < 1.29 is 4.92 Å². The number of nitro benzene ring substituents is 1. The summed E-state index contributed by atoms with van der Waals surface area (Å²) < 4.78 is 0. The molecular weight excluding hydrogens is 283 g/mol. The van der Waals surface area contributed by atoms with E-state index in [1.54, 1.807) is 0 Å². The third-order valence-electron chi connectivity index (χ3n) is 1.62. The van der Waals surface area contributed by atoms with Crippen LogP contribution >= 0.6 is 24.0 Å². The molecule has 18 heavy (non-hydrogen) atoms. The van der Waals surface area contributed by atoms with Gasteiger partial charge in [-0.2, -0.15) is 4.99 Å². The molecule has 1 aromatic carbocycles. The average Bonchev–Trinajstić information content (AvgIpc) is 2.19. The molecule has 98 valence electrons. The first-order valence-corrected chi connectivity index (χ1v) is 4.65. The van der Waals surface area contributed by atoms with Crippen LogP contribution in [-0.4, -0.2) is 16.8 Å². The lowest BCUT2D eigenvalue weighted by atomic mass is 10.3. The number of aliphatic imine (C=N–C) groups is 2. The number of nitrogens with zero attached hydrogens (tertiary/aromatic N) is 3. The summed E-state index contributed by atoms with van der Waals surface area (Å²) in [4.78, 5) is 17.2. The average molecular weight is 293 g/mol. The predicted molar refractivity (Wildman–Crippen MR) is 72.4 cm³/mol. The highest BCUT2D eigenvalue weighted by Gasteiger charge is 2.09. The number of nitro groups is 1. The van der Waals surface area contributed by atoms with Crippen molar-refractivity contribution in [1.29, 1.82) is 0 Å². The Balaban J connectivity index is 0.00000289. The maximum Gasteiger partial charge on any atom is 0.271 e. The van der Waals surface area contributed by atoms with E-state index in [-0.39, 0.29) is 40.7 Å². The van der Waals surface area contributed by atoms with Crippen LogP contribution in [0.1, 0.15) is 0 Å². The fraction of sp³-hybridized carbons (Fsp3) is 0. The van der Waals surface area contributed by atoms with Crippen molar-refractivity contribution in [3.05, 3.63) is 33.3 Å². The number of nitrogens with two attached hydrogens (primary N) is 3. The number of benzene rings is 1. The molecule has 0 aliphatic heterocycles. The Morgan fingerprint density at radius 2 is 1.94 bits per heavy atom. The second-order valence-corrected chi connectivity index (χ2v) is 3.31. The maximum atomic E-state index is 10.5. The number of halogens is 2. The molecule has 1 aromatic rings. The Hall–Kier alpha value is -2.06. The van der Waals surface area contributed by atoms with Crippen LogP contribution in [0.5, 0.6) is 0 Å². The standard InChI is InChI=1S/C8H9ClN6O2.ClH/c9-5-2-1-4(15(16)17)3-6(5)13-8(12)14-7(10)11;/h1-3H,(H6,10,11,12,13,14);1H. The molecule has 0 fully saturated rings. The smallest absolute Gasteiger partial charge is 0.271 e.